The van der Waals surface area contributed by atoms with Crippen molar-refractivity contribution >= 4 is 33.0 Å². The number of rotatable bonds is 4. The highest BCUT2D eigenvalue weighted by molar-refractivity contribution is 9.10. The topological polar surface area (TPSA) is 24.9 Å². The molecule has 0 fully saturated rings. The Hall–Kier alpha value is -0.870. The number of anilines is 1. The predicted octanol–water partition coefficient (Wildman–Crippen LogP) is 3.95. The number of thiophene rings is 1. The summed E-state index contributed by atoms with van der Waals surface area (Å²) in [7, 11) is 0. The lowest BCUT2D eigenvalue weighted by atomic mass is 10.2. The molecule has 4 heteroatoms. The summed E-state index contributed by atoms with van der Waals surface area (Å²) < 4.78 is 1.01. The number of hydrogen-bond acceptors (Lipinski definition) is 3. The standard InChI is InChI=1S/C12H13BrN2S/c1-9(7-10-3-2-6-16-10)15-12-4-5-14-8-11(12)13/h2-6,8-9H,7H2,1H3,(H,14,15). The summed E-state index contributed by atoms with van der Waals surface area (Å²) in [6.07, 6.45) is 4.65. The van der Waals surface area contributed by atoms with Crippen LogP contribution in [0, 0.1) is 0 Å². The number of pyridine rings is 1. The molecule has 0 aliphatic carbocycles. The van der Waals surface area contributed by atoms with Crippen molar-refractivity contribution in [3.8, 4) is 0 Å². The van der Waals surface area contributed by atoms with Crippen molar-refractivity contribution in [3.63, 3.8) is 0 Å². The molecule has 2 nitrogen and oxygen atoms in total. The van der Waals surface area contributed by atoms with Crippen molar-refractivity contribution in [1.82, 2.24) is 4.98 Å². The Morgan fingerprint density at radius 1 is 1.50 bits per heavy atom. The van der Waals surface area contributed by atoms with Crippen LogP contribution in [0.25, 0.3) is 0 Å². The Balaban J connectivity index is 1.97. The highest BCUT2D eigenvalue weighted by atomic mass is 79.9. The summed E-state index contributed by atoms with van der Waals surface area (Å²) in [5, 5.41) is 5.58. The lowest BCUT2D eigenvalue weighted by Gasteiger charge is -2.15. The SMILES string of the molecule is CC(Cc1cccs1)Nc1ccncc1Br. The molecule has 0 bridgehead atoms. The van der Waals surface area contributed by atoms with Crippen molar-refractivity contribution in [2.45, 2.75) is 19.4 Å². The van der Waals surface area contributed by atoms with Crippen molar-refractivity contribution in [2.24, 2.45) is 0 Å². The van der Waals surface area contributed by atoms with E-state index in [4.69, 9.17) is 0 Å². The van der Waals surface area contributed by atoms with Gasteiger partial charge in [0.2, 0.25) is 0 Å². The van der Waals surface area contributed by atoms with Gasteiger partial charge in [0.05, 0.1) is 10.2 Å². The quantitative estimate of drug-likeness (QED) is 0.924. The lowest BCUT2D eigenvalue weighted by molar-refractivity contribution is 0.799. The molecule has 1 unspecified atom stereocenters. The van der Waals surface area contributed by atoms with E-state index in [9.17, 15) is 0 Å². The average Bonchev–Trinajstić information content (AvgIpc) is 2.74. The van der Waals surface area contributed by atoms with Gasteiger partial charge in [-0.25, -0.2) is 0 Å². The Morgan fingerprint density at radius 3 is 3.06 bits per heavy atom. The minimum Gasteiger partial charge on any atom is -0.381 e. The van der Waals surface area contributed by atoms with Gasteiger partial charge in [-0.1, -0.05) is 6.07 Å². The molecule has 2 rings (SSSR count). The van der Waals surface area contributed by atoms with Crippen LogP contribution in [0.4, 0.5) is 5.69 Å². The highest BCUT2D eigenvalue weighted by Crippen LogP contribution is 2.22. The number of nitrogens with one attached hydrogen (secondary N) is 1. The minimum atomic E-state index is 0.414. The average molecular weight is 297 g/mol. The summed E-state index contributed by atoms with van der Waals surface area (Å²) in [5.41, 5.74) is 1.10. The maximum Gasteiger partial charge on any atom is 0.0590 e. The number of hydrogen-bond donors (Lipinski definition) is 1. The van der Waals surface area contributed by atoms with E-state index in [2.05, 4.69) is 50.7 Å². The molecule has 2 heterocycles. The van der Waals surface area contributed by atoms with Gasteiger partial charge < -0.3 is 5.32 Å². The van der Waals surface area contributed by atoms with Gasteiger partial charge in [-0.2, -0.15) is 0 Å². The molecule has 16 heavy (non-hydrogen) atoms. The maximum absolute atomic E-state index is 4.04. The van der Waals surface area contributed by atoms with Gasteiger partial charge in [-0.3, -0.25) is 4.98 Å². The van der Waals surface area contributed by atoms with E-state index in [1.54, 1.807) is 23.7 Å². The van der Waals surface area contributed by atoms with Crippen LogP contribution in [-0.2, 0) is 6.42 Å². The molecule has 84 valence electrons. The molecule has 0 saturated heterocycles. The first-order valence-electron chi connectivity index (χ1n) is 5.14. The van der Waals surface area contributed by atoms with Gasteiger partial charge >= 0.3 is 0 Å². The lowest BCUT2D eigenvalue weighted by Crippen LogP contribution is -2.17. The second kappa shape index (κ2) is 5.46. The first kappa shape index (κ1) is 11.6. The van der Waals surface area contributed by atoms with E-state index in [-0.39, 0.29) is 0 Å². The summed E-state index contributed by atoms with van der Waals surface area (Å²) in [6.45, 7) is 2.19. The van der Waals surface area contributed by atoms with Gasteiger partial charge in [0.1, 0.15) is 0 Å². The van der Waals surface area contributed by atoms with Crippen molar-refractivity contribution < 1.29 is 0 Å². The zero-order chi connectivity index (χ0) is 11.4. The van der Waals surface area contributed by atoms with E-state index in [1.807, 2.05) is 6.07 Å². The molecule has 0 aliphatic heterocycles. The molecule has 1 atom stereocenters. The summed E-state index contributed by atoms with van der Waals surface area (Å²) >= 11 is 5.28. The van der Waals surface area contributed by atoms with Gasteiger partial charge in [0.15, 0.2) is 0 Å². The van der Waals surface area contributed by atoms with Gasteiger partial charge in [-0.15, -0.1) is 11.3 Å². The molecule has 2 aromatic rings. The Morgan fingerprint density at radius 2 is 2.38 bits per heavy atom. The third kappa shape index (κ3) is 3.06. The molecular weight excluding hydrogens is 284 g/mol. The van der Waals surface area contributed by atoms with Gasteiger partial charge in [0, 0.05) is 29.7 Å². The second-order valence-corrected chi connectivity index (χ2v) is 5.57. The molecule has 0 saturated carbocycles. The second-order valence-electron chi connectivity index (χ2n) is 3.68. The van der Waals surface area contributed by atoms with E-state index < -0.39 is 0 Å². The molecule has 0 aromatic carbocycles. The Bertz CT molecular complexity index is 442. The summed E-state index contributed by atoms with van der Waals surface area (Å²) in [4.78, 5) is 5.45. The van der Waals surface area contributed by atoms with E-state index in [0.29, 0.717) is 6.04 Å². The molecule has 1 N–H and O–H groups in total. The van der Waals surface area contributed by atoms with Crippen LogP contribution in [-0.4, -0.2) is 11.0 Å². The third-order valence-electron chi connectivity index (χ3n) is 2.26. The molecular formula is C12H13BrN2S. The first-order chi connectivity index (χ1) is 7.75. The predicted molar refractivity (Wildman–Crippen MR) is 73.0 cm³/mol. The monoisotopic (exact) mass is 296 g/mol. The van der Waals surface area contributed by atoms with Crippen LogP contribution < -0.4 is 5.32 Å². The fraction of sp³-hybridized carbons (Fsp3) is 0.250. The fourth-order valence-electron chi connectivity index (χ4n) is 1.54. The number of aromatic nitrogens is 1. The van der Waals surface area contributed by atoms with Crippen LogP contribution >= 0.6 is 27.3 Å². The molecule has 0 aliphatic rings. The Kier molecular flexibility index (Phi) is 3.96. The molecule has 0 amide bonds. The van der Waals surface area contributed by atoms with Crippen LogP contribution in [0.1, 0.15) is 11.8 Å². The van der Waals surface area contributed by atoms with Crippen molar-refractivity contribution in [3.05, 3.63) is 45.3 Å². The zero-order valence-electron chi connectivity index (χ0n) is 8.98. The van der Waals surface area contributed by atoms with E-state index in [0.717, 1.165) is 16.6 Å². The molecule has 2 aromatic heterocycles. The fourth-order valence-corrected chi connectivity index (χ4v) is 2.74. The highest BCUT2D eigenvalue weighted by Gasteiger charge is 2.06. The zero-order valence-corrected chi connectivity index (χ0v) is 11.4. The van der Waals surface area contributed by atoms with Gasteiger partial charge in [-0.05, 0) is 40.4 Å². The first-order valence-corrected chi connectivity index (χ1v) is 6.81. The van der Waals surface area contributed by atoms with Crippen molar-refractivity contribution in [2.75, 3.05) is 5.32 Å². The third-order valence-corrected chi connectivity index (χ3v) is 3.79. The van der Waals surface area contributed by atoms with Crippen molar-refractivity contribution in [1.29, 1.82) is 0 Å². The normalized spacial score (nSPS) is 12.4. The largest absolute Gasteiger partial charge is 0.381 e. The number of halogens is 1. The van der Waals surface area contributed by atoms with Crippen LogP contribution in [0.2, 0.25) is 0 Å². The van der Waals surface area contributed by atoms with Crippen LogP contribution in [0.15, 0.2) is 40.4 Å². The molecule has 0 spiro atoms. The summed E-state index contributed by atoms with van der Waals surface area (Å²) in [5.74, 6) is 0. The van der Waals surface area contributed by atoms with Crippen LogP contribution in [0.5, 0.6) is 0 Å². The minimum absolute atomic E-state index is 0.414. The Labute approximate surface area is 108 Å². The van der Waals surface area contributed by atoms with Crippen LogP contribution in [0.3, 0.4) is 0 Å². The number of nitrogens with zero attached hydrogens (tertiary/aromatic N) is 1. The maximum atomic E-state index is 4.04. The van der Waals surface area contributed by atoms with Gasteiger partial charge in [0.25, 0.3) is 0 Å². The van der Waals surface area contributed by atoms with E-state index >= 15 is 0 Å². The smallest absolute Gasteiger partial charge is 0.0590 e. The summed E-state index contributed by atoms with van der Waals surface area (Å²) in [6, 6.07) is 6.66. The van der Waals surface area contributed by atoms with E-state index in [1.165, 1.54) is 4.88 Å². The molecule has 0 radical (unpaired) electrons.